The van der Waals surface area contributed by atoms with Crippen LogP contribution in [0.2, 0.25) is 0 Å². The maximum absolute atomic E-state index is 11.2. The van der Waals surface area contributed by atoms with Gasteiger partial charge in [-0.2, -0.15) is 0 Å². The van der Waals surface area contributed by atoms with Gasteiger partial charge in [0.25, 0.3) is 0 Å². The van der Waals surface area contributed by atoms with Gasteiger partial charge in [-0.25, -0.2) is 0 Å². The van der Waals surface area contributed by atoms with Gasteiger partial charge in [-0.05, 0) is 19.7 Å². The van der Waals surface area contributed by atoms with Gasteiger partial charge in [-0.15, -0.1) is 0 Å². The zero-order chi connectivity index (χ0) is 14.5. The van der Waals surface area contributed by atoms with E-state index in [-0.39, 0.29) is 0 Å². The maximum Gasteiger partial charge on any atom is 0.321 e. The van der Waals surface area contributed by atoms with Gasteiger partial charge in [0, 0.05) is 24.9 Å². The third-order valence-corrected chi connectivity index (χ3v) is 3.40. The van der Waals surface area contributed by atoms with E-state index >= 15 is 0 Å². The summed E-state index contributed by atoms with van der Waals surface area (Å²) in [6.45, 7) is 1.56. The van der Waals surface area contributed by atoms with Gasteiger partial charge < -0.3 is 15.3 Å². The minimum absolute atomic E-state index is 0.494. The Kier molecular flexibility index (Phi) is 4.63. The normalized spacial score (nSPS) is 15.9. The molecule has 1 atom stereocenters. The highest BCUT2D eigenvalue weighted by Gasteiger charge is 2.23. The van der Waals surface area contributed by atoms with E-state index in [1.807, 2.05) is 24.4 Å². The molecule has 5 nitrogen and oxygen atoms in total. The summed E-state index contributed by atoms with van der Waals surface area (Å²) in [4.78, 5) is 15.1. The van der Waals surface area contributed by atoms with E-state index in [0.29, 0.717) is 6.42 Å². The zero-order valence-corrected chi connectivity index (χ0v) is 11.9. The number of nitrogens with zero attached hydrogens (tertiary/aromatic N) is 2. The first kappa shape index (κ1) is 14.4. The summed E-state index contributed by atoms with van der Waals surface area (Å²) in [5.41, 5.74) is 2.22. The Hall–Kier alpha value is -2.01. The SMILES string of the molecule is CN(C)[C@@H](CC1=CN(Cc2ccccc2)CN1)C(=O)O. The van der Waals surface area contributed by atoms with Crippen molar-refractivity contribution >= 4 is 5.97 Å². The van der Waals surface area contributed by atoms with E-state index in [1.54, 1.807) is 19.0 Å². The molecule has 1 aliphatic rings. The number of carbonyl (C=O) groups is 1. The summed E-state index contributed by atoms with van der Waals surface area (Å²) < 4.78 is 0. The van der Waals surface area contributed by atoms with Gasteiger partial charge in [0.05, 0.1) is 6.67 Å². The largest absolute Gasteiger partial charge is 0.480 e. The topological polar surface area (TPSA) is 55.8 Å². The zero-order valence-electron chi connectivity index (χ0n) is 11.9. The van der Waals surface area contributed by atoms with E-state index < -0.39 is 12.0 Å². The Morgan fingerprint density at radius 1 is 1.40 bits per heavy atom. The van der Waals surface area contributed by atoms with E-state index in [2.05, 4.69) is 22.3 Å². The predicted molar refractivity (Wildman–Crippen MR) is 77.8 cm³/mol. The van der Waals surface area contributed by atoms with Crippen molar-refractivity contribution < 1.29 is 9.90 Å². The van der Waals surface area contributed by atoms with Crippen LogP contribution in [0, 0.1) is 0 Å². The molecule has 0 bridgehead atoms. The van der Waals surface area contributed by atoms with E-state index in [4.69, 9.17) is 0 Å². The quantitative estimate of drug-likeness (QED) is 0.819. The van der Waals surface area contributed by atoms with Gasteiger partial charge in [-0.1, -0.05) is 30.3 Å². The number of hydrogen-bond acceptors (Lipinski definition) is 4. The summed E-state index contributed by atoms with van der Waals surface area (Å²) in [6, 6.07) is 9.73. The Balaban J connectivity index is 1.95. The molecule has 1 aromatic carbocycles. The first-order valence-corrected chi connectivity index (χ1v) is 6.68. The molecule has 0 spiro atoms. The lowest BCUT2D eigenvalue weighted by molar-refractivity contribution is -0.142. The number of rotatable bonds is 6. The van der Waals surface area contributed by atoms with Crippen molar-refractivity contribution in [2.24, 2.45) is 0 Å². The van der Waals surface area contributed by atoms with Crippen LogP contribution in [0.5, 0.6) is 0 Å². The van der Waals surface area contributed by atoms with Crippen molar-refractivity contribution in [3.05, 3.63) is 47.8 Å². The lowest BCUT2D eigenvalue weighted by Gasteiger charge is -2.20. The highest BCUT2D eigenvalue weighted by atomic mass is 16.4. The van der Waals surface area contributed by atoms with Crippen LogP contribution in [0.1, 0.15) is 12.0 Å². The molecule has 5 heteroatoms. The van der Waals surface area contributed by atoms with Gasteiger partial charge in [0.2, 0.25) is 0 Å². The number of likely N-dealkylation sites (N-methyl/N-ethyl adjacent to an activating group) is 1. The Labute approximate surface area is 119 Å². The second kappa shape index (κ2) is 6.43. The van der Waals surface area contributed by atoms with Crippen molar-refractivity contribution in [2.45, 2.75) is 19.0 Å². The minimum atomic E-state index is -0.792. The predicted octanol–water partition coefficient (Wildman–Crippen LogP) is 1.30. The third-order valence-electron chi connectivity index (χ3n) is 3.40. The molecule has 1 aliphatic heterocycles. The fourth-order valence-corrected chi connectivity index (χ4v) is 2.26. The third kappa shape index (κ3) is 3.74. The molecule has 0 aliphatic carbocycles. The van der Waals surface area contributed by atoms with Gasteiger partial charge >= 0.3 is 5.97 Å². The number of carboxylic acids is 1. The minimum Gasteiger partial charge on any atom is -0.480 e. The van der Waals surface area contributed by atoms with Crippen LogP contribution < -0.4 is 5.32 Å². The highest BCUT2D eigenvalue weighted by molar-refractivity contribution is 5.73. The molecular formula is C15H21N3O2. The van der Waals surface area contributed by atoms with Crippen LogP contribution in [-0.2, 0) is 11.3 Å². The molecular weight excluding hydrogens is 254 g/mol. The Morgan fingerprint density at radius 3 is 2.70 bits per heavy atom. The molecule has 0 radical (unpaired) electrons. The number of aliphatic carboxylic acids is 1. The number of carboxylic acid groups (broad SMARTS) is 1. The van der Waals surface area contributed by atoms with Crippen LogP contribution in [0.3, 0.4) is 0 Å². The standard InChI is InChI=1S/C15H21N3O2/c1-17(2)14(15(19)20)8-13-10-18(11-16-13)9-12-6-4-3-5-7-12/h3-7,10,14,16H,8-9,11H2,1-2H3,(H,19,20)/t14-/m0/s1. The molecule has 2 N–H and O–H groups in total. The number of hydrogen-bond donors (Lipinski definition) is 2. The molecule has 0 unspecified atom stereocenters. The monoisotopic (exact) mass is 275 g/mol. The molecule has 1 heterocycles. The van der Waals surface area contributed by atoms with Crippen LogP contribution in [0.15, 0.2) is 42.2 Å². The summed E-state index contributed by atoms with van der Waals surface area (Å²) in [5.74, 6) is -0.792. The van der Waals surface area contributed by atoms with Crippen molar-refractivity contribution in [3.63, 3.8) is 0 Å². The first-order chi connectivity index (χ1) is 9.56. The van der Waals surface area contributed by atoms with Crippen molar-refractivity contribution in [1.29, 1.82) is 0 Å². The van der Waals surface area contributed by atoms with Crippen LogP contribution in [0.4, 0.5) is 0 Å². The van der Waals surface area contributed by atoms with Crippen molar-refractivity contribution in [3.8, 4) is 0 Å². The first-order valence-electron chi connectivity index (χ1n) is 6.68. The molecule has 0 aromatic heterocycles. The van der Waals surface area contributed by atoms with Crippen LogP contribution >= 0.6 is 0 Å². The second-order valence-electron chi connectivity index (χ2n) is 5.24. The second-order valence-corrected chi connectivity index (χ2v) is 5.24. The smallest absolute Gasteiger partial charge is 0.321 e. The van der Waals surface area contributed by atoms with Crippen molar-refractivity contribution in [2.75, 3.05) is 20.8 Å². The Bertz CT molecular complexity index is 485. The fraction of sp³-hybridized carbons (Fsp3) is 0.400. The summed E-state index contributed by atoms with van der Waals surface area (Å²) in [5, 5.41) is 12.5. The molecule has 0 saturated heterocycles. The molecule has 20 heavy (non-hydrogen) atoms. The highest BCUT2D eigenvalue weighted by Crippen LogP contribution is 2.15. The lowest BCUT2D eigenvalue weighted by Crippen LogP contribution is -2.37. The lowest BCUT2D eigenvalue weighted by atomic mass is 10.1. The summed E-state index contributed by atoms with van der Waals surface area (Å²) in [7, 11) is 3.58. The van der Waals surface area contributed by atoms with E-state index in [0.717, 1.165) is 18.9 Å². The van der Waals surface area contributed by atoms with Gasteiger partial charge in [-0.3, -0.25) is 9.69 Å². The average molecular weight is 275 g/mol. The Morgan fingerprint density at radius 2 is 2.10 bits per heavy atom. The fourth-order valence-electron chi connectivity index (χ4n) is 2.26. The summed E-state index contributed by atoms with van der Waals surface area (Å²) in [6.07, 6.45) is 2.51. The molecule has 108 valence electrons. The molecule has 0 fully saturated rings. The van der Waals surface area contributed by atoms with Crippen LogP contribution in [-0.4, -0.2) is 47.7 Å². The molecule has 2 rings (SSSR count). The van der Waals surface area contributed by atoms with Crippen LogP contribution in [0.25, 0.3) is 0 Å². The maximum atomic E-state index is 11.2. The molecule has 1 aromatic rings. The van der Waals surface area contributed by atoms with Gasteiger partial charge in [0.15, 0.2) is 0 Å². The number of benzene rings is 1. The average Bonchev–Trinajstić information content (AvgIpc) is 2.84. The molecule has 0 saturated carbocycles. The van der Waals surface area contributed by atoms with E-state index in [1.165, 1.54) is 5.56 Å². The summed E-state index contributed by atoms with van der Waals surface area (Å²) >= 11 is 0. The molecule has 0 amide bonds. The van der Waals surface area contributed by atoms with E-state index in [9.17, 15) is 9.90 Å². The van der Waals surface area contributed by atoms with Crippen molar-refractivity contribution in [1.82, 2.24) is 15.1 Å². The van der Waals surface area contributed by atoms with Gasteiger partial charge in [0.1, 0.15) is 6.04 Å². The number of nitrogens with one attached hydrogen (secondary N) is 1.